The van der Waals surface area contributed by atoms with Crippen molar-refractivity contribution in [3.63, 3.8) is 0 Å². The molecule has 0 aliphatic carbocycles. The van der Waals surface area contributed by atoms with E-state index in [1.165, 1.54) is 6.42 Å². The maximum Gasteiger partial charge on any atom is 0.236 e. The summed E-state index contributed by atoms with van der Waals surface area (Å²) in [6.07, 6.45) is 5.12. The molecule has 0 radical (unpaired) electrons. The molecular weight excluding hydrogens is 523 g/mol. The first-order valence-electron chi connectivity index (χ1n) is 11.2. The summed E-state index contributed by atoms with van der Waals surface area (Å²) < 4.78 is 5.34. The van der Waals surface area contributed by atoms with Gasteiger partial charge in [-0.3, -0.25) is 14.8 Å². The summed E-state index contributed by atoms with van der Waals surface area (Å²) in [7, 11) is 0. The van der Waals surface area contributed by atoms with Crippen LogP contribution in [0.15, 0.2) is 27.8 Å². The number of H-pyrrole nitrogens is 1. The van der Waals surface area contributed by atoms with Gasteiger partial charge in [-0.1, -0.05) is 0 Å². The first kappa shape index (κ1) is 24.5. The van der Waals surface area contributed by atoms with Crippen molar-refractivity contribution in [3.8, 4) is 11.6 Å². The van der Waals surface area contributed by atoms with Crippen LogP contribution in [-0.4, -0.2) is 94.1 Å². The minimum absolute atomic E-state index is 0. The first-order chi connectivity index (χ1) is 15.2. The van der Waals surface area contributed by atoms with Crippen LogP contribution in [0, 0.1) is 0 Å². The monoisotopic (exact) mass is 556 g/mol. The van der Waals surface area contributed by atoms with Crippen LogP contribution >= 0.6 is 24.0 Å². The second-order valence-corrected chi connectivity index (χ2v) is 7.96. The van der Waals surface area contributed by atoms with Crippen LogP contribution in [0.5, 0.6) is 0 Å². The predicted octanol–water partition coefficient (Wildman–Crippen LogP) is 1.78. The van der Waals surface area contributed by atoms with Crippen LogP contribution in [0.2, 0.25) is 0 Å². The number of piperazine rings is 1. The minimum atomic E-state index is 0. The molecule has 0 spiro atoms. The van der Waals surface area contributed by atoms with Crippen LogP contribution in [0.4, 0.5) is 0 Å². The van der Waals surface area contributed by atoms with Crippen molar-refractivity contribution in [2.45, 2.75) is 32.7 Å². The summed E-state index contributed by atoms with van der Waals surface area (Å²) in [4.78, 5) is 28.3. The zero-order valence-corrected chi connectivity index (χ0v) is 21.0. The Balaban J connectivity index is 0.00000289. The van der Waals surface area contributed by atoms with E-state index in [0.717, 1.165) is 64.6 Å². The van der Waals surface area contributed by atoms with E-state index < -0.39 is 0 Å². The van der Waals surface area contributed by atoms with E-state index in [1.54, 1.807) is 6.26 Å². The number of aliphatic imine (C=N–C) groups is 1. The maximum atomic E-state index is 12.5. The molecule has 4 heterocycles. The standard InChI is InChI=1S/C21H32N8O2.HI/c1-2-22-21(23-15-18-24-20(26-25-18)17-7-6-14-31-17)29-12-10-27(11-13-29)16-19(30)28-8-4-3-5-9-28;/h6-7,14H,2-5,8-13,15-16H2,1H3,(H,22,23)(H,24,25,26);1H. The normalized spacial score (nSPS) is 17.8. The Morgan fingerprint density at radius 2 is 1.94 bits per heavy atom. The van der Waals surface area contributed by atoms with Crippen molar-refractivity contribution >= 4 is 35.8 Å². The number of amides is 1. The van der Waals surface area contributed by atoms with E-state index in [-0.39, 0.29) is 29.9 Å². The summed E-state index contributed by atoms with van der Waals surface area (Å²) in [5.41, 5.74) is 0. The molecule has 2 saturated heterocycles. The van der Waals surface area contributed by atoms with Gasteiger partial charge in [-0.25, -0.2) is 9.98 Å². The SMILES string of the molecule is CCNC(=NCc1nc(-c2ccco2)n[nH]1)N1CCN(CC(=O)N2CCCCC2)CC1.I. The molecule has 2 aromatic rings. The van der Waals surface area contributed by atoms with Crippen LogP contribution in [0.3, 0.4) is 0 Å². The highest BCUT2D eigenvalue weighted by Gasteiger charge is 2.24. The van der Waals surface area contributed by atoms with E-state index in [0.29, 0.717) is 30.5 Å². The van der Waals surface area contributed by atoms with Gasteiger partial charge in [0, 0.05) is 45.8 Å². The lowest BCUT2D eigenvalue weighted by Crippen LogP contribution is -2.54. The molecule has 2 aliphatic rings. The van der Waals surface area contributed by atoms with Gasteiger partial charge in [-0.05, 0) is 38.3 Å². The number of piperidine rings is 1. The van der Waals surface area contributed by atoms with E-state index in [2.05, 4.69) is 37.2 Å². The lowest BCUT2D eigenvalue weighted by Gasteiger charge is -2.37. The van der Waals surface area contributed by atoms with Crippen LogP contribution in [0.25, 0.3) is 11.6 Å². The van der Waals surface area contributed by atoms with Crippen molar-refractivity contribution in [1.82, 2.24) is 35.2 Å². The Kier molecular flexibility index (Phi) is 9.33. The largest absolute Gasteiger partial charge is 0.461 e. The molecule has 2 fully saturated rings. The molecular formula is C21H33IN8O2. The number of carbonyl (C=O) groups is 1. The average Bonchev–Trinajstić information content (AvgIpc) is 3.50. The summed E-state index contributed by atoms with van der Waals surface area (Å²) in [6, 6.07) is 3.64. The number of nitrogens with one attached hydrogen (secondary N) is 2. The number of rotatable bonds is 6. The van der Waals surface area contributed by atoms with Gasteiger partial charge in [0.15, 0.2) is 11.7 Å². The average molecular weight is 556 g/mol. The number of carbonyl (C=O) groups excluding carboxylic acids is 1. The maximum absolute atomic E-state index is 12.5. The van der Waals surface area contributed by atoms with E-state index >= 15 is 0 Å². The molecule has 1 amide bonds. The molecule has 10 nitrogen and oxygen atoms in total. The number of hydrogen-bond acceptors (Lipinski definition) is 6. The second kappa shape index (κ2) is 12.2. The number of halogens is 1. The zero-order chi connectivity index (χ0) is 21.5. The van der Waals surface area contributed by atoms with Gasteiger partial charge in [0.2, 0.25) is 11.7 Å². The van der Waals surface area contributed by atoms with Crippen molar-refractivity contribution in [2.24, 2.45) is 4.99 Å². The van der Waals surface area contributed by atoms with Crippen molar-refractivity contribution in [1.29, 1.82) is 0 Å². The molecule has 176 valence electrons. The predicted molar refractivity (Wildman–Crippen MR) is 133 cm³/mol. The Morgan fingerprint density at radius 3 is 2.62 bits per heavy atom. The van der Waals surface area contributed by atoms with Crippen LogP contribution < -0.4 is 5.32 Å². The third-order valence-electron chi connectivity index (χ3n) is 5.73. The number of furan rings is 1. The number of guanidine groups is 1. The van der Waals surface area contributed by atoms with Gasteiger partial charge in [0.25, 0.3) is 0 Å². The number of hydrogen-bond donors (Lipinski definition) is 2. The number of nitrogens with zero attached hydrogens (tertiary/aromatic N) is 6. The third-order valence-corrected chi connectivity index (χ3v) is 5.73. The van der Waals surface area contributed by atoms with E-state index in [1.807, 2.05) is 17.0 Å². The fourth-order valence-corrected chi connectivity index (χ4v) is 4.01. The summed E-state index contributed by atoms with van der Waals surface area (Å²) >= 11 is 0. The Hall–Kier alpha value is -2.15. The Morgan fingerprint density at radius 1 is 1.16 bits per heavy atom. The molecule has 2 N–H and O–H groups in total. The van der Waals surface area contributed by atoms with E-state index in [4.69, 9.17) is 9.41 Å². The summed E-state index contributed by atoms with van der Waals surface area (Å²) in [6.45, 7) is 9.01. The fraction of sp³-hybridized carbons (Fsp3) is 0.619. The second-order valence-electron chi connectivity index (χ2n) is 7.96. The van der Waals surface area contributed by atoms with Crippen molar-refractivity contribution in [3.05, 3.63) is 24.2 Å². The lowest BCUT2D eigenvalue weighted by molar-refractivity contribution is -0.133. The third kappa shape index (κ3) is 6.44. The molecule has 0 atom stereocenters. The molecule has 0 aromatic carbocycles. The molecule has 2 aromatic heterocycles. The molecule has 4 rings (SSSR count). The van der Waals surface area contributed by atoms with Gasteiger partial charge in [0.05, 0.1) is 12.8 Å². The van der Waals surface area contributed by atoms with Gasteiger partial charge < -0.3 is 19.5 Å². The van der Waals surface area contributed by atoms with Crippen molar-refractivity contribution < 1.29 is 9.21 Å². The highest BCUT2D eigenvalue weighted by atomic mass is 127. The quantitative estimate of drug-likeness (QED) is 0.318. The van der Waals surface area contributed by atoms with Crippen LogP contribution in [0.1, 0.15) is 32.0 Å². The summed E-state index contributed by atoms with van der Waals surface area (Å²) in [5, 5.41) is 10.5. The van der Waals surface area contributed by atoms with Crippen molar-refractivity contribution in [2.75, 3.05) is 52.4 Å². The fourth-order valence-electron chi connectivity index (χ4n) is 4.01. The molecule has 0 bridgehead atoms. The van der Waals surface area contributed by atoms with Gasteiger partial charge in [-0.15, -0.1) is 29.1 Å². The Bertz CT molecular complexity index is 855. The number of likely N-dealkylation sites (tertiary alicyclic amines) is 1. The summed E-state index contributed by atoms with van der Waals surface area (Å²) in [5.74, 6) is 2.99. The zero-order valence-electron chi connectivity index (χ0n) is 18.6. The molecule has 0 unspecified atom stereocenters. The minimum Gasteiger partial charge on any atom is -0.461 e. The topological polar surface area (TPSA) is 106 Å². The van der Waals surface area contributed by atoms with Gasteiger partial charge in [0.1, 0.15) is 12.4 Å². The molecule has 2 aliphatic heterocycles. The number of aromatic amines is 1. The highest BCUT2D eigenvalue weighted by molar-refractivity contribution is 14.0. The molecule has 11 heteroatoms. The number of aromatic nitrogens is 3. The molecule has 32 heavy (non-hydrogen) atoms. The van der Waals surface area contributed by atoms with Gasteiger partial charge >= 0.3 is 0 Å². The first-order valence-corrected chi connectivity index (χ1v) is 11.2. The molecule has 0 saturated carbocycles. The lowest BCUT2D eigenvalue weighted by atomic mass is 10.1. The smallest absolute Gasteiger partial charge is 0.236 e. The van der Waals surface area contributed by atoms with Crippen LogP contribution in [-0.2, 0) is 11.3 Å². The highest BCUT2D eigenvalue weighted by Crippen LogP contribution is 2.15. The van der Waals surface area contributed by atoms with E-state index in [9.17, 15) is 4.79 Å². The van der Waals surface area contributed by atoms with Gasteiger partial charge in [-0.2, -0.15) is 0 Å². The Labute approximate surface area is 205 Å².